The lowest BCUT2D eigenvalue weighted by molar-refractivity contribution is 0.0389. The zero-order valence-corrected chi connectivity index (χ0v) is 16.2. The molecule has 7 heteroatoms. The molecule has 22 heavy (non-hydrogen) atoms. The summed E-state index contributed by atoms with van der Waals surface area (Å²) in [5, 5.41) is 6.80. The van der Waals surface area contributed by atoms with Gasteiger partial charge in [0.2, 0.25) is 0 Å². The van der Waals surface area contributed by atoms with E-state index in [0.29, 0.717) is 0 Å². The Morgan fingerprint density at radius 2 is 1.45 bits per heavy atom. The number of aliphatic imine (C=N–C) groups is 1. The highest BCUT2D eigenvalue weighted by Gasteiger charge is 2.11. The van der Waals surface area contributed by atoms with Gasteiger partial charge in [-0.25, -0.2) is 0 Å². The number of piperidine rings is 1. The lowest BCUT2D eigenvalue weighted by atomic mass is 10.1. The van der Waals surface area contributed by atoms with Gasteiger partial charge in [0, 0.05) is 46.3 Å². The molecule has 130 valence electrons. The Morgan fingerprint density at radius 3 is 2.00 bits per heavy atom. The summed E-state index contributed by atoms with van der Waals surface area (Å²) >= 11 is 0. The first-order valence-corrected chi connectivity index (χ1v) is 8.35. The van der Waals surface area contributed by atoms with Crippen molar-refractivity contribution in [3.8, 4) is 0 Å². The standard InChI is InChI=1S/C15H31N5O.HI/c1-16-15(17-5-9-19-7-3-2-4-8-19)18-6-10-20-11-13-21-14-12-20;/h2-14H2,1H3,(H2,16,17,18);1H. The normalized spacial score (nSPS) is 21.2. The summed E-state index contributed by atoms with van der Waals surface area (Å²) in [5.74, 6) is 0.917. The second kappa shape index (κ2) is 12.3. The molecule has 0 atom stereocenters. The van der Waals surface area contributed by atoms with Gasteiger partial charge in [0.15, 0.2) is 5.96 Å². The Balaban J connectivity index is 0.00000242. The Bertz CT molecular complexity index is 278. The predicted molar refractivity (Wildman–Crippen MR) is 102 cm³/mol. The van der Waals surface area contributed by atoms with Crippen molar-refractivity contribution in [2.24, 2.45) is 4.99 Å². The fraction of sp³-hybridized carbons (Fsp3) is 0.933. The van der Waals surface area contributed by atoms with Crippen LogP contribution in [0.5, 0.6) is 0 Å². The third-order valence-corrected chi connectivity index (χ3v) is 4.22. The lowest BCUT2D eigenvalue weighted by Crippen LogP contribution is -2.46. The van der Waals surface area contributed by atoms with Crippen molar-refractivity contribution in [1.29, 1.82) is 0 Å². The monoisotopic (exact) mass is 425 g/mol. The van der Waals surface area contributed by atoms with Crippen LogP contribution in [0.15, 0.2) is 4.99 Å². The number of halogens is 1. The number of morpholine rings is 1. The number of ether oxygens (including phenoxy) is 1. The highest BCUT2D eigenvalue weighted by Crippen LogP contribution is 2.07. The summed E-state index contributed by atoms with van der Waals surface area (Å²) < 4.78 is 5.36. The van der Waals surface area contributed by atoms with Gasteiger partial charge in [0.25, 0.3) is 0 Å². The van der Waals surface area contributed by atoms with Crippen LogP contribution in [0.2, 0.25) is 0 Å². The third kappa shape index (κ3) is 7.94. The molecule has 0 saturated carbocycles. The molecule has 0 amide bonds. The van der Waals surface area contributed by atoms with Gasteiger partial charge in [0.05, 0.1) is 13.2 Å². The molecule has 2 saturated heterocycles. The van der Waals surface area contributed by atoms with Crippen LogP contribution >= 0.6 is 24.0 Å². The van der Waals surface area contributed by atoms with Crippen molar-refractivity contribution in [3.63, 3.8) is 0 Å². The van der Waals surface area contributed by atoms with Crippen LogP contribution in [0.25, 0.3) is 0 Å². The van der Waals surface area contributed by atoms with E-state index >= 15 is 0 Å². The topological polar surface area (TPSA) is 52.1 Å². The highest BCUT2D eigenvalue weighted by molar-refractivity contribution is 14.0. The third-order valence-electron chi connectivity index (χ3n) is 4.22. The zero-order valence-electron chi connectivity index (χ0n) is 13.9. The SMILES string of the molecule is CN=C(NCCN1CCCCC1)NCCN1CCOCC1.I. The number of nitrogens with one attached hydrogen (secondary N) is 2. The van der Waals surface area contributed by atoms with Crippen LogP contribution in [0.1, 0.15) is 19.3 Å². The van der Waals surface area contributed by atoms with Crippen molar-refractivity contribution in [1.82, 2.24) is 20.4 Å². The van der Waals surface area contributed by atoms with Gasteiger partial charge >= 0.3 is 0 Å². The summed E-state index contributed by atoms with van der Waals surface area (Å²) in [4.78, 5) is 9.25. The van der Waals surface area contributed by atoms with E-state index in [9.17, 15) is 0 Å². The van der Waals surface area contributed by atoms with Crippen molar-refractivity contribution < 1.29 is 4.74 Å². The van der Waals surface area contributed by atoms with E-state index < -0.39 is 0 Å². The second-order valence-electron chi connectivity index (χ2n) is 5.78. The van der Waals surface area contributed by atoms with Crippen molar-refractivity contribution >= 4 is 29.9 Å². The fourth-order valence-corrected chi connectivity index (χ4v) is 2.89. The molecule has 0 unspecified atom stereocenters. The number of likely N-dealkylation sites (tertiary alicyclic amines) is 1. The number of hydrogen-bond donors (Lipinski definition) is 2. The number of guanidine groups is 1. The van der Waals surface area contributed by atoms with Crippen LogP contribution in [0.3, 0.4) is 0 Å². The van der Waals surface area contributed by atoms with E-state index in [4.69, 9.17) is 4.74 Å². The van der Waals surface area contributed by atoms with Crippen LogP contribution < -0.4 is 10.6 Å². The van der Waals surface area contributed by atoms with E-state index in [1.165, 1.54) is 32.4 Å². The van der Waals surface area contributed by atoms with Gasteiger partial charge in [-0.15, -0.1) is 24.0 Å². The van der Waals surface area contributed by atoms with Crippen LogP contribution in [0, 0.1) is 0 Å². The van der Waals surface area contributed by atoms with E-state index in [1.54, 1.807) is 0 Å². The fourth-order valence-electron chi connectivity index (χ4n) is 2.89. The maximum atomic E-state index is 5.36. The summed E-state index contributed by atoms with van der Waals surface area (Å²) in [6, 6.07) is 0. The molecule has 2 aliphatic rings. The minimum Gasteiger partial charge on any atom is -0.379 e. The molecule has 0 aromatic heterocycles. The number of rotatable bonds is 6. The Hall–Kier alpha value is -0.120. The molecule has 0 spiro atoms. The van der Waals surface area contributed by atoms with Gasteiger partial charge in [-0.3, -0.25) is 9.89 Å². The van der Waals surface area contributed by atoms with Gasteiger partial charge in [0.1, 0.15) is 0 Å². The lowest BCUT2D eigenvalue weighted by Gasteiger charge is -2.27. The van der Waals surface area contributed by atoms with Gasteiger partial charge in [-0.05, 0) is 25.9 Å². The molecule has 0 aliphatic carbocycles. The highest BCUT2D eigenvalue weighted by atomic mass is 127. The second-order valence-corrected chi connectivity index (χ2v) is 5.78. The molecule has 0 aromatic rings. The Labute approximate surface area is 152 Å². The molecule has 0 radical (unpaired) electrons. The predicted octanol–water partition coefficient (Wildman–Crippen LogP) is 0.588. The zero-order chi connectivity index (χ0) is 14.8. The van der Waals surface area contributed by atoms with Gasteiger partial charge in [-0.2, -0.15) is 0 Å². The molecule has 2 rings (SSSR count). The first-order chi connectivity index (χ1) is 10.4. The molecule has 2 heterocycles. The largest absolute Gasteiger partial charge is 0.379 e. The average Bonchev–Trinajstić information content (AvgIpc) is 2.55. The molecule has 6 nitrogen and oxygen atoms in total. The number of nitrogens with zero attached hydrogens (tertiary/aromatic N) is 3. The summed E-state index contributed by atoms with van der Waals surface area (Å²) in [5.41, 5.74) is 0. The molecule has 0 aromatic carbocycles. The van der Waals surface area contributed by atoms with Crippen LogP contribution in [0.4, 0.5) is 0 Å². The summed E-state index contributed by atoms with van der Waals surface area (Å²) in [6.45, 7) is 10.4. The van der Waals surface area contributed by atoms with Crippen molar-refractivity contribution in [3.05, 3.63) is 0 Å². The average molecular weight is 425 g/mol. The Kier molecular flexibility index (Phi) is 11.2. The van der Waals surface area contributed by atoms with Crippen molar-refractivity contribution in [2.75, 3.05) is 72.6 Å². The van der Waals surface area contributed by atoms with Gasteiger partial charge < -0.3 is 20.3 Å². The van der Waals surface area contributed by atoms with E-state index in [1.807, 2.05) is 7.05 Å². The molecule has 2 fully saturated rings. The van der Waals surface area contributed by atoms with E-state index in [2.05, 4.69) is 25.4 Å². The maximum absolute atomic E-state index is 5.36. The maximum Gasteiger partial charge on any atom is 0.191 e. The number of hydrogen-bond acceptors (Lipinski definition) is 4. The van der Waals surface area contributed by atoms with Crippen LogP contribution in [-0.2, 0) is 4.74 Å². The summed E-state index contributed by atoms with van der Waals surface area (Å²) in [6.07, 6.45) is 4.10. The van der Waals surface area contributed by atoms with E-state index in [-0.39, 0.29) is 24.0 Å². The van der Waals surface area contributed by atoms with Gasteiger partial charge in [-0.1, -0.05) is 6.42 Å². The minimum atomic E-state index is 0. The molecule has 2 N–H and O–H groups in total. The molecule has 0 bridgehead atoms. The quantitative estimate of drug-likeness (QED) is 0.371. The Morgan fingerprint density at radius 1 is 0.909 bits per heavy atom. The molecule has 2 aliphatic heterocycles. The molecular weight excluding hydrogens is 393 g/mol. The van der Waals surface area contributed by atoms with Crippen molar-refractivity contribution in [2.45, 2.75) is 19.3 Å². The first kappa shape index (κ1) is 19.9. The van der Waals surface area contributed by atoms with E-state index in [0.717, 1.165) is 58.4 Å². The smallest absolute Gasteiger partial charge is 0.191 e. The van der Waals surface area contributed by atoms with Crippen LogP contribution in [-0.4, -0.2) is 88.4 Å². The molecular formula is C15H32IN5O. The minimum absolute atomic E-state index is 0. The summed E-state index contributed by atoms with van der Waals surface area (Å²) in [7, 11) is 1.84. The first-order valence-electron chi connectivity index (χ1n) is 8.35.